The molecule has 0 aliphatic carbocycles. The van der Waals surface area contributed by atoms with E-state index in [-0.39, 0.29) is 17.0 Å². The predicted molar refractivity (Wildman–Crippen MR) is 103 cm³/mol. The van der Waals surface area contributed by atoms with E-state index in [0.29, 0.717) is 11.7 Å². The number of piperidine rings is 1. The van der Waals surface area contributed by atoms with Crippen LogP contribution in [0.15, 0.2) is 35.3 Å². The highest BCUT2D eigenvalue weighted by Crippen LogP contribution is 2.43. The number of ether oxygens (including phenoxy) is 1. The maximum Gasteiger partial charge on any atom is 0.415 e. The van der Waals surface area contributed by atoms with Crippen LogP contribution < -0.4 is 4.74 Å². The Morgan fingerprint density at radius 1 is 1.29 bits per heavy atom. The Labute approximate surface area is 147 Å². The van der Waals surface area contributed by atoms with Crippen molar-refractivity contribution in [2.45, 2.75) is 38.4 Å². The van der Waals surface area contributed by atoms with E-state index in [4.69, 9.17) is 9.73 Å². The Kier molecular flexibility index (Phi) is 5.82. The van der Waals surface area contributed by atoms with E-state index in [0.717, 1.165) is 44.1 Å². The zero-order valence-corrected chi connectivity index (χ0v) is 15.5. The van der Waals surface area contributed by atoms with Gasteiger partial charge in [-0.15, -0.1) is 0 Å². The van der Waals surface area contributed by atoms with Crippen LogP contribution in [0.1, 0.15) is 33.1 Å². The third kappa shape index (κ3) is 4.32. The fourth-order valence-electron chi connectivity index (χ4n) is 3.46. The van der Waals surface area contributed by atoms with E-state index < -0.39 is 0 Å². The second-order valence-electron chi connectivity index (χ2n) is 6.99. The van der Waals surface area contributed by atoms with Gasteiger partial charge in [-0.3, -0.25) is 4.99 Å². The molecule has 2 heterocycles. The van der Waals surface area contributed by atoms with Gasteiger partial charge in [-0.2, -0.15) is 0 Å². The van der Waals surface area contributed by atoms with Crippen LogP contribution >= 0.6 is 10.9 Å². The Balaban J connectivity index is 1.50. The highest BCUT2D eigenvalue weighted by Gasteiger charge is 2.31. The summed E-state index contributed by atoms with van der Waals surface area (Å²) in [6.07, 6.45) is 3.12. The maximum absolute atomic E-state index is 12.3. The molecule has 5 heteroatoms. The molecule has 0 radical (unpaired) electrons. The van der Waals surface area contributed by atoms with Crippen molar-refractivity contribution < 1.29 is 9.53 Å². The fraction of sp³-hybridized carbons (Fsp3) is 0.579. The number of likely N-dealkylation sites (tertiary alicyclic amines) is 1. The lowest BCUT2D eigenvalue weighted by Gasteiger charge is -2.36. The molecule has 1 atom stereocenters. The summed E-state index contributed by atoms with van der Waals surface area (Å²) in [5.41, 5.74) is 0. The van der Waals surface area contributed by atoms with E-state index in [1.807, 2.05) is 35.2 Å². The molecular formula is C19H28N2O2S. The van der Waals surface area contributed by atoms with Gasteiger partial charge in [0.05, 0.1) is 0 Å². The van der Waals surface area contributed by atoms with Gasteiger partial charge in [-0.05, 0) is 48.3 Å². The van der Waals surface area contributed by atoms with E-state index in [9.17, 15) is 4.79 Å². The lowest BCUT2D eigenvalue weighted by molar-refractivity contribution is 0.143. The Morgan fingerprint density at radius 2 is 2.00 bits per heavy atom. The number of hydrogen-bond donors (Lipinski definition) is 1. The first kappa shape index (κ1) is 17.3. The van der Waals surface area contributed by atoms with Gasteiger partial charge in [0, 0.05) is 24.7 Å². The first-order valence-electron chi connectivity index (χ1n) is 8.95. The van der Waals surface area contributed by atoms with Gasteiger partial charge >= 0.3 is 6.09 Å². The van der Waals surface area contributed by atoms with Crippen molar-refractivity contribution in [1.29, 1.82) is 0 Å². The van der Waals surface area contributed by atoms with Crippen molar-refractivity contribution in [3.05, 3.63) is 30.3 Å². The summed E-state index contributed by atoms with van der Waals surface area (Å²) < 4.78 is 5.46. The van der Waals surface area contributed by atoms with Gasteiger partial charge in [0.15, 0.2) is 0 Å². The molecule has 2 aliphatic heterocycles. The molecule has 1 unspecified atom stereocenters. The molecule has 132 valence electrons. The van der Waals surface area contributed by atoms with Crippen LogP contribution in [-0.4, -0.2) is 46.7 Å². The largest absolute Gasteiger partial charge is 0.415 e. The molecular weight excluding hydrogens is 320 g/mol. The first-order chi connectivity index (χ1) is 11.6. The number of aliphatic imine (C=N–C) groups is 1. The lowest BCUT2D eigenvalue weighted by atomic mass is 10.1. The molecule has 0 aromatic heterocycles. The van der Waals surface area contributed by atoms with Gasteiger partial charge in [-0.1, -0.05) is 32.0 Å². The molecule has 0 saturated carbocycles. The van der Waals surface area contributed by atoms with Crippen LogP contribution in [-0.2, 0) is 0 Å². The Morgan fingerprint density at radius 3 is 2.67 bits per heavy atom. The predicted octanol–water partition coefficient (Wildman–Crippen LogP) is 4.11. The summed E-state index contributed by atoms with van der Waals surface area (Å²) in [5.74, 6) is 2.57. The zero-order valence-electron chi connectivity index (χ0n) is 14.6. The lowest BCUT2D eigenvalue weighted by Crippen LogP contribution is -2.42. The molecule has 1 aromatic carbocycles. The molecule has 1 fully saturated rings. The summed E-state index contributed by atoms with van der Waals surface area (Å²) in [6, 6.07) is 9.32. The second-order valence-corrected chi connectivity index (χ2v) is 9.62. The van der Waals surface area contributed by atoms with Crippen molar-refractivity contribution in [1.82, 2.24) is 4.90 Å². The van der Waals surface area contributed by atoms with Gasteiger partial charge in [-0.25, -0.2) is 15.7 Å². The normalized spacial score (nSPS) is 23.4. The monoisotopic (exact) mass is 348 g/mol. The van der Waals surface area contributed by atoms with Crippen LogP contribution in [0.5, 0.6) is 5.75 Å². The fourth-order valence-corrected chi connectivity index (χ4v) is 6.56. The van der Waals surface area contributed by atoms with E-state index in [2.05, 4.69) is 13.8 Å². The standard InChI is InChI=1S/C19H28N2O2S/c1-15(2)14-18-20-10-13-24(18)17-8-11-21(12-9-17)19(22)23-16-6-4-3-5-7-16/h3-7,15,17,24H,8-14H2,1-2H3. The average molecular weight is 349 g/mol. The second kappa shape index (κ2) is 8.06. The molecule has 1 amide bonds. The third-order valence-electron chi connectivity index (χ3n) is 4.67. The number of carbonyl (C=O) groups excluding carboxylic acids is 1. The molecule has 0 bridgehead atoms. The highest BCUT2D eigenvalue weighted by molar-refractivity contribution is 8.30. The topological polar surface area (TPSA) is 41.9 Å². The SMILES string of the molecule is CC(C)CC1=NCC[SH]1C1CCN(C(=O)Oc2ccccc2)CC1. The summed E-state index contributed by atoms with van der Waals surface area (Å²) in [4.78, 5) is 18.9. The number of para-hydroxylation sites is 1. The molecule has 1 aromatic rings. The van der Waals surface area contributed by atoms with E-state index in [1.165, 1.54) is 10.8 Å². The number of rotatable bonds is 4. The minimum absolute atomic E-state index is 0.0744. The molecule has 24 heavy (non-hydrogen) atoms. The average Bonchev–Trinajstić information content (AvgIpc) is 3.03. The molecule has 2 aliphatic rings. The number of nitrogens with zero attached hydrogens (tertiary/aromatic N) is 2. The van der Waals surface area contributed by atoms with Crippen molar-refractivity contribution in [2.24, 2.45) is 10.9 Å². The van der Waals surface area contributed by atoms with Gasteiger partial charge in [0.2, 0.25) is 0 Å². The van der Waals surface area contributed by atoms with Crippen molar-refractivity contribution in [3.8, 4) is 5.75 Å². The van der Waals surface area contributed by atoms with Crippen molar-refractivity contribution >= 4 is 22.0 Å². The van der Waals surface area contributed by atoms with Gasteiger partial charge in [0.1, 0.15) is 5.75 Å². The Bertz CT molecular complexity index is 580. The van der Waals surface area contributed by atoms with Crippen molar-refractivity contribution in [2.75, 3.05) is 25.4 Å². The number of thiol groups is 1. The van der Waals surface area contributed by atoms with Gasteiger partial charge < -0.3 is 9.64 Å². The summed E-state index contributed by atoms with van der Waals surface area (Å²) in [6.45, 7) is 7.19. The van der Waals surface area contributed by atoms with Crippen LogP contribution in [0.25, 0.3) is 0 Å². The summed E-state index contributed by atoms with van der Waals surface area (Å²) >= 11 is 0. The smallest absolute Gasteiger partial charge is 0.410 e. The molecule has 0 spiro atoms. The van der Waals surface area contributed by atoms with Gasteiger partial charge in [0.25, 0.3) is 0 Å². The minimum Gasteiger partial charge on any atom is -0.410 e. The van der Waals surface area contributed by atoms with E-state index in [1.54, 1.807) is 0 Å². The number of hydrogen-bond acceptors (Lipinski definition) is 3. The zero-order chi connectivity index (χ0) is 16.9. The number of amides is 1. The number of carbonyl (C=O) groups is 1. The molecule has 4 nitrogen and oxygen atoms in total. The van der Waals surface area contributed by atoms with Crippen LogP contribution in [0.3, 0.4) is 0 Å². The third-order valence-corrected chi connectivity index (χ3v) is 7.74. The van der Waals surface area contributed by atoms with Crippen LogP contribution in [0.4, 0.5) is 4.79 Å². The quantitative estimate of drug-likeness (QED) is 0.832. The molecule has 0 N–H and O–H groups in total. The summed E-state index contributed by atoms with van der Waals surface area (Å²) in [5, 5.41) is 2.23. The highest BCUT2D eigenvalue weighted by atomic mass is 32.2. The number of benzene rings is 1. The maximum atomic E-state index is 12.3. The van der Waals surface area contributed by atoms with Crippen LogP contribution in [0.2, 0.25) is 0 Å². The van der Waals surface area contributed by atoms with Crippen LogP contribution in [0, 0.1) is 5.92 Å². The molecule has 3 rings (SSSR count). The van der Waals surface area contributed by atoms with E-state index >= 15 is 0 Å². The van der Waals surface area contributed by atoms with Crippen molar-refractivity contribution in [3.63, 3.8) is 0 Å². The molecule has 1 saturated heterocycles. The Hall–Kier alpha value is -1.49. The minimum atomic E-state index is -0.213. The summed E-state index contributed by atoms with van der Waals surface area (Å²) in [7, 11) is -0.0744. The first-order valence-corrected chi connectivity index (χ1v) is 10.5.